The van der Waals surface area contributed by atoms with Crippen LogP contribution in [0.4, 0.5) is 0 Å². The smallest absolute Gasteiger partial charge is 0.231 e. The summed E-state index contributed by atoms with van der Waals surface area (Å²) < 4.78 is 5.66. The van der Waals surface area contributed by atoms with E-state index in [0.717, 1.165) is 5.56 Å². The summed E-state index contributed by atoms with van der Waals surface area (Å²) in [7, 11) is 0. The van der Waals surface area contributed by atoms with Crippen LogP contribution in [-0.2, 0) is 9.53 Å². The number of hydrogen-bond acceptors (Lipinski definition) is 3. The summed E-state index contributed by atoms with van der Waals surface area (Å²) in [4.78, 5) is 14.5. The van der Waals surface area contributed by atoms with Crippen LogP contribution in [0.15, 0.2) is 30.3 Å². The Labute approximate surface area is 114 Å². The SMILES string of the molecule is CC1CN(C(=O)C(CN)c2ccccc2)CC(C)O1. The first-order valence-corrected chi connectivity index (χ1v) is 6.81. The van der Waals surface area contributed by atoms with Crippen LogP contribution in [-0.4, -0.2) is 42.6 Å². The van der Waals surface area contributed by atoms with Gasteiger partial charge in [-0.2, -0.15) is 0 Å². The number of carbonyl (C=O) groups excluding carboxylic acids is 1. The van der Waals surface area contributed by atoms with Gasteiger partial charge in [0.2, 0.25) is 5.91 Å². The van der Waals surface area contributed by atoms with E-state index in [1.807, 2.05) is 49.1 Å². The summed E-state index contributed by atoms with van der Waals surface area (Å²) in [5, 5.41) is 0. The second-order valence-electron chi connectivity index (χ2n) is 5.20. The number of rotatable bonds is 3. The van der Waals surface area contributed by atoms with E-state index in [9.17, 15) is 4.79 Å². The fraction of sp³-hybridized carbons (Fsp3) is 0.533. The van der Waals surface area contributed by atoms with Crippen LogP contribution < -0.4 is 5.73 Å². The van der Waals surface area contributed by atoms with E-state index >= 15 is 0 Å². The predicted molar refractivity (Wildman–Crippen MR) is 74.8 cm³/mol. The van der Waals surface area contributed by atoms with Gasteiger partial charge < -0.3 is 15.4 Å². The molecule has 1 aliphatic rings. The molecule has 3 atom stereocenters. The standard InChI is InChI=1S/C15H22N2O2/c1-11-9-17(10-12(2)19-11)15(18)14(8-16)13-6-4-3-5-7-13/h3-7,11-12,14H,8-10,16H2,1-2H3. The van der Waals surface area contributed by atoms with Gasteiger partial charge in [-0.1, -0.05) is 30.3 Å². The highest BCUT2D eigenvalue weighted by Crippen LogP contribution is 2.20. The average molecular weight is 262 g/mol. The van der Waals surface area contributed by atoms with Crippen LogP contribution in [0.1, 0.15) is 25.3 Å². The Morgan fingerprint density at radius 2 is 1.89 bits per heavy atom. The molecular weight excluding hydrogens is 240 g/mol. The molecule has 19 heavy (non-hydrogen) atoms. The summed E-state index contributed by atoms with van der Waals surface area (Å²) in [6.45, 7) is 5.62. The highest BCUT2D eigenvalue weighted by molar-refractivity contribution is 5.84. The summed E-state index contributed by atoms with van der Waals surface area (Å²) in [6, 6.07) is 9.75. The van der Waals surface area contributed by atoms with E-state index in [4.69, 9.17) is 10.5 Å². The number of nitrogens with zero attached hydrogens (tertiary/aromatic N) is 1. The molecule has 0 spiro atoms. The molecule has 1 saturated heterocycles. The van der Waals surface area contributed by atoms with Crippen molar-refractivity contribution in [3.8, 4) is 0 Å². The van der Waals surface area contributed by atoms with E-state index in [-0.39, 0.29) is 24.0 Å². The lowest BCUT2D eigenvalue weighted by atomic mass is 9.97. The van der Waals surface area contributed by atoms with Crippen LogP contribution in [0.25, 0.3) is 0 Å². The monoisotopic (exact) mass is 262 g/mol. The zero-order valence-corrected chi connectivity index (χ0v) is 11.6. The Hall–Kier alpha value is -1.39. The van der Waals surface area contributed by atoms with Crippen molar-refractivity contribution in [2.75, 3.05) is 19.6 Å². The minimum Gasteiger partial charge on any atom is -0.372 e. The minimum absolute atomic E-state index is 0.0851. The zero-order valence-electron chi connectivity index (χ0n) is 11.6. The van der Waals surface area contributed by atoms with Gasteiger partial charge in [0.25, 0.3) is 0 Å². The molecule has 1 aromatic rings. The van der Waals surface area contributed by atoms with Gasteiger partial charge in [0.1, 0.15) is 0 Å². The van der Waals surface area contributed by atoms with Crippen molar-refractivity contribution in [3.05, 3.63) is 35.9 Å². The Morgan fingerprint density at radius 3 is 2.42 bits per heavy atom. The third-order valence-electron chi connectivity index (χ3n) is 3.47. The fourth-order valence-corrected chi connectivity index (χ4v) is 2.64. The van der Waals surface area contributed by atoms with Crippen molar-refractivity contribution >= 4 is 5.91 Å². The third kappa shape index (κ3) is 3.33. The average Bonchev–Trinajstić information content (AvgIpc) is 2.39. The van der Waals surface area contributed by atoms with Crippen molar-refractivity contribution in [2.24, 2.45) is 5.73 Å². The number of nitrogens with two attached hydrogens (primary N) is 1. The molecule has 104 valence electrons. The summed E-state index contributed by atoms with van der Waals surface area (Å²) in [5.74, 6) is -0.144. The van der Waals surface area contributed by atoms with Crippen LogP contribution in [0.2, 0.25) is 0 Å². The van der Waals surface area contributed by atoms with Crippen LogP contribution in [0, 0.1) is 0 Å². The number of ether oxygens (including phenoxy) is 1. The number of carbonyl (C=O) groups is 1. The lowest BCUT2D eigenvalue weighted by Gasteiger charge is -2.37. The van der Waals surface area contributed by atoms with Crippen molar-refractivity contribution in [2.45, 2.75) is 32.0 Å². The van der Waals surface area contributed by atoms with Gasteiger partial charge in [-0.25, -0.2) is 0 Å². The van der Waals surface area contributed by atoms with Gasteiger partial charge in [-0.15, -0.1) is 0 Å². The minimum atomic E-state index is -0.251. The maximum Gasteiger partial charge on any atom is 0.231 e. The molecule has 4 nitrogen and oxygen atoms in total. The lowest BCUT2D eigenvalue weighted by molar-refractivity contribution is -0.144. The Kier molecular flexibility index (Phi) is 4.56. The van der Waals surface area contributed by atoms with Crippen molar-refractivity contribution < 1.29 is 9.53 Å². The molecule has 1 amide bonds. The van der Waals surface area contributed by atoms with E-state index in [2.05, 4.69) is 0 Å². The largest absolute Gasteiger partial charge is 0.372 e. The van der Waals surface area contributed by atoms with E-state index in [1.54, 1.807) is 0 Å². The number of amides is 1. The van der Waals surface area contributed by atoms with Gasteiger partial charge >= 0.3 is 0 Å². The topological polar surface area (TPSA) is 55.6 Å². The van der Waals surface area contributed by atoms with Crippen LogP contribution >= 0.6 is 0 Å². The molecular formula is C15H22N2O2. The Bertz CT molecular complexity index is 411. The number of hydrogen-bond donors (Lipinski definition) is 1. The molecule has 0 bridgehead atoms. The van der Waals surface area contributed by atoms with E-state index in [0.29, 0.717) is 19.6 Å². The van der Waals surface area contributed by atoms with Gasteiger partial charge in [0.15, 0.2) is 0 Å². The van der Waals surface area contributed by atoms with Gasteiger partial charge in [0, 0.05) is 19.6 Å². The van der Waals surface area contributed by atoms with E-state index < -0.39 is 0 Å². The first kappa shape index (κ1) is 14.0. The van der Waals surface area contributed by atoms with Gasteiger partial charge in [-0.05, 0) is 19.4 Å². The summed E-state index contributed by atoms with van der Waals surface area (Å²) in [6.07, 6.45) is 0.170. The van der Waals surface area contributed by atoms with E-state index in [1.165, 1.54) is 0 Å². The molecule has 0 aliphatic carbocycles. The molecule has 1 aliphatic heterocycles. The van der Waals surface area contributed by atoms with Crippen molar-refractivity contribution in [1.29, 1.82) is 0 Å². The molecule has 0 saturated carbocycles. The van der Waals surface area contributed by atoms with Crippen LogP contribution in [0.5, 0.6) is 0 Å². The lowest BCUT2D eigenvalue weighted by Crippen LogP contribution is -2.50. The van der Waals surface area contributed by atoms with Gasteiger partial charge in [0.05, 0.1) is 18.1 Å². The maximum absolute atomic E-state index is 12.6. The second kappa shape index (κ2) is 6.17. The number of benzene rings is 1. The molecule has 3 unspecified atom stereocenters. The highest BCUT2D eigenvalue weighted by Gasteiger charge is 2.30. The molecule has 4 heteroatoms. The maximum atomic E-state index is 12.6. The normalized spacial score (nSPS) is 25.1. The Balaban J connectivity index is 2.13. The molecule has 1 aromatic carbocycles. The van der Waals surface area contributed by atoms with Crippen molar-refractivity contribution in [3.63, 3.8) is 0 Å². The zero-order chi connectivity index (χ0) is 13.8. The molecule has 2 N–H and O–H groups in total. The number of morpholine rings is 1. The quantitative estimate of drug-likeness (QED) is 0.895. The van der Waals surface area contributed by atoms with Gasteiger partial charge in [-0.3, -0.25) is 4.79 Å². The molecule has 0 aromatic heterocycles. The van der Waals surface area contributed by atoms with Crippen molar-refractivity contribution in [1.82, 2.24) is 4.90 Å². The second-order valence-corrected chi connectivity index (χ2v) is 5.20. The first-order valence-electron chi connectivity index (χ1n) is 6.81. The molecule has 0 radical (unpaired) electrons. The van der Waals surface area contributed by atoms with Crippen LogP contribution in [0.3, 0.4) is 0 Å². The highest BCUT2D eigenvalue weighted by atomic mass is 16.5. The first-order chi connectivity index (χ1) is 9.11. The Morgan fingerprint density at radius 1 is 1.32 bits per heavy atom. The molecule has 1 heterocycles. The predicted octanol–water partition coefficient (Wildman–Crippen LogP) is 1.36. The third-order valence-corrected chi connectivity index (χ3v) is 3.47. The molecule has 2 rings (SSSR count). The summed E-state index contributed by atoms with van der Waals surface area (Å²) in [5.41, 5.74) is 6.79. The fourth-order valence-electron chi connectivity index (χ4n) is 2.64. The summed E-state index contributed by atoms with van der Waals surface area (Å²) >= 11 is 0. The molecule has 1 fully saturated rings.